The number of allylic oxidation sites excluding steroid dienone is 2. The molecule has 0 N–H and O–H groups in total. The van der Waals surface area contributed by atoms with Crippen molar-refractivity contribution in [1.82, 2.24) is 0 Å². The van der Waals surface area contributed by atoms with Crippen LogP contribution in [0.2, 0.25) is 0 Å². The van der Waals surface area contributed by atoms with Crippen LogP contribution in [0.3, 0.4) is 0 Å². The van der Waals surface area contributed by atoms with E-state index in [9.17, 15) is 0 Å². The summed E-state index contributed by atoms with van der Waals surface area (Å²) in [4.78, 5) is 0. The van der Waals surface area contributed by atoms with Crippen LogP contribution in [0.25, 0.3) is 0 Å². The van der Waals surface area contributed by atoms with Gasteiger partial charge in [-0.3, -0.25) is 0 Å². The molecule has 0 amide bonds. The van der Waals surface area contributed by atoms with Gasteiger partial charge >= 0.3 is 0 Å². The fraction of sp³-hybridized carbons (Fsp3) is 0.933. The number of rotatable bonds is 26. The molecule has 180 valence electrons. The molecule has 0 aliphatic rings. The zero-order valence-corrected chi connectivity index (χ0v) is 21.5. The van der Waals surface area contributed by atoms with Gasteiger partial charge in [0.25, 0.3) is 0 Å². The van der Waals surface area contributed by atoms with E-state index in [0.717, 1.165) is 0 Å². The molecule has 0 heteroatoms. The van der Waals surface area contributed by atoms with Crippen LogP contribution in [-0.2, 0) is 0 Å². The summed E-state index contributed by atoms with van der Waals surface area (Å²) < 4.78 is 0. The van der Waals surface area contributed by atoms with Gasteiger partial charge in [-0.15, -0.1) is 0 Å². The zero-order chi connectivity index (χ0) is 21.8. The fourth-order valence-corrected chi connectivity index (χ4v) is 4.44. The maximum Gasteiger partial charge on any atom is -0.0351 e. The third-order valence-electron chi connectivity index (χ3n) is 6.62. The first-order valence-electron chi connectivity index (χ1n) is 14.6. The lowest BCUT2D eigenvalue weighted by Crippen LogP contribution is -1.83. The molecule has 0 aromatic carbocycles. The van der Waals surface area contributed by atoms with E-state index in [1.54, 1.807) is 0 Å². The first kappa shape index (κ1) is 29.7. The van der Waals surface area contributed by atoms with Crippen LogP contribution in [0.5, 0.6) is 0 Å². The fourth-order valence-electron chi connectivity index (χ4n) is 4.44. The third-order valence-corrected chi connectivity index (χ3v) is 6.62. The maximum absolute atomic E-state index is 2.45. The van der Waals surface area contributed by atoms with E-state index in [-0.39, 0.29) is 0 Å². The van der Waals surface area contributed by atoms with Crippen LogP contribution in [0.15, 0.2) is 12.2 Å². The molecular weight excluding hydrogens is 360 g/mol. The van der Waals surface area contributed by atoms with E-state index in [0.29, 0.717) is 0 Å². The first-order valence-corrected chi connectivity index (χ1v) is 14.6. The second kappa shape index (κ2) is 28.7. The maximum atomic E-state index is 2.45. The van der Waals surface area contributed by atoms with Crippen molar-refractivity contribution in [3.8, 4) is 0 Å². The van der Waals surface area contributed by atoms with Gasteiger partial charge in [-0.05, 0) is 25.7 Å². The van der Waals surface area contributed by atoms with Crippen LogP contribution in [0.4, 0.5) is 0 Å². The summed E-state index contributed by atoms with van der Waals surface area (Å²) in [6.45, 7) is 4.60. The van der Waals surface area contributed by atoms with E-state index in [1.165, 1.54) is 167 Å². The molecule has 0 nitrogen and oxygen atoms in total. The first-order chi connectivity index (χ1) is 14.9. The second-order valence-corrected chi connectivity index (χ2v) is 9.83. The van der Waals surface area contributed by atoms with Crippen LogP contribution in [0, 0.1) is 0 Å². The van der Waals surface area contributed by atoms with E-state index in [1.807, 2.05) is 0 Å². The van der Waals surface area contributed by atoms with Crippen molar-refractivity contribution in [1.29, 1.82) is 0 Å². The SMILES string of the molecule is CCCCCCCCCCC=CCCCCCCCCCCCCCCCCCC. The largest absolute Gasteiger partial charge is 0.0885 e. The van der Waals surface area contributed by atoms with E-state index in [4.69, 9.17) is 0 Å². The monoisotopic (exact) mass is 420 g/mol. The molecule has 0 heterocycles. The van der Waals surface area contributed by atoms with Crippen molar-refractivity contribution in [2.24, 2.45) is 0 Å². The molecule has 0 aromatic rings. The summed E-state index contributed by atoms with van der Waals surface area (Å²) in [6, 6.07) is 0. The van der Waals surface area contributed by atoms with Crippen molar-refractivity contribution in [3.05, 3.63) is 12.2 Å². The minimum absolute atomic E-state index is 1.31. The molecule has 0 atom stereocenters. The Bertz CT molecular complexity index is 303. The summed E-state index contributed by atoms with van der Waals surface area (Å²) in [5.74, 6) is 0. The molecule has 30 heavy (non-hydrogen) atoms. The van der Waals surface area contributed by atoms with Gasteiger partial charge in [-0.2, -0.15) is 0 Å². The number of hydrogen-bond donors (Lipinski definition) is 0. The molecule has 0 radical (unpaired) electrons. The molecule has 0 saturated heterocycles. The van der Waals surface area contributed by atoms with Gasteiger partial charge < -0.3 is 0 Å². The van der Waals surface area contributed by atoms with Crippen LogP contribution in [-0.4, -0.2) is 0 Å². The predicted octanol–water partition coefficient (Wildman–Crippen LogP) is 11.7. The summed E-state index contributed by atoms with van der Waals surface area (Å²) >= 11 is 0. The molecule has 0 aliphatic heterocycles. The van der Waals surface area contributed by atoms with Crippen molar-refractivity contribution in [2.45, 2.75) is 181 Å². The van der Waals surface area contributed by atoms with Crippen molar-refractivity contribution in [3.63, 3.8) is 0 Å². The van der Waals surface area contributed by atoms with Gasteiger partial charge in [0.15, 0.2) is 0 Å². The Hall–Kier alpha value is -0.260. The third kappa shape index (κ3) is 27.7. The van der Waals surface area contributed by atoms with E-state index >= 15 is 0 Å². The molecule has 0 unspecified atom stereocenters. The van der Waals surface area contributed by atoms with Gasteiger partial charge in [-0.25, -0.2) is 0 Å². The van der Waals surface area contributed by atoms with Gasteiger partial charge in [0.2, 0.25) is 0 Å². The smallest absolute Gasteiger partial charge is 0.0351 e. The summed E-state index contributed by atoms with van der Waals surface area (Å²) in [5.41, 5.74) is 0. The Balaban J connectivity index is 3.05. The lowest BCUT2D eigenvalue weighted by molar-refractivity contribution is 0.530. The highest BCUT2D eigenvalue weighted by Gasteiger charge is 1.94. The highest BCUT2D eigenvalue weighted by molar-refractivity contribution is 4.81. The Morgan fingerprint density at radius 3 is 0.700 bits per heavy atom. The lowest BCUT2D eigenvalue weighted by atomic mass is 10.0. The molecular formula is C30H60. The van der Waals surface area contributed by atoms with Crippen molar-refractivity contribution >= 4 is 0 Å². The average molecular weight is 421 g/mol. The van der Waals surface area contributed by atoms with E-state index < -0.39 is 0 Å². The molecule has 0 aliphatic carbocycles. The van der Waals surface area contributed by atoms with Crippen LogP contribution >= 0.6 is 0 Å². The molecule has 0 saturated carbocycles. The Morgan fingerprint density at radius 1 is 0.267 bits per heavy atom. The summed E-state index contributed by atoms with van der Waals surface area (Å²) in [6.07, 6.45) is 42.4. The molecule has 0 spiro atoms. The summed E-state index contributed by atoms with van der Waals surface area (Å²) in [5, 5.41) is 0. The Labute approximate surface area is 193 Å². The average Bonchev–Trinajstić information content (AvgIpc) is 2.76. The van der Waals surface area contributed by atoms with Gasteiger partial charge in [-0.1, -0.05) is 167 Å². The normalized spacial score (nSPS) is 11.7. The second-order valence-electron chi connectivity index (χ2n) is 9.83. The van der Waals surface area contributed by atoms with Crippen molar-refractivity contribution < 1.29 is 0 Å². The zero-order valence-electron chi connectivity index (χ0n) is 21.5. The highest BCUT2D eigenvalue weighted by atomic mass is 14.0. The van der Waals surface area contributed by atoms with Crippen LogP contribution < -0.4 is 0 Å². The molecule has 0 fully saturated rings. The van der Waals surface area contributed by atoms with Gasteiger partial charge in [0.1, 0.15) is 0 Å². The van der Waals surface area contributed by atoms with Gasteiger partial charge in [0, 0.05) is 0 Å². The summed E-state index contributed by atoms with van der Waals surface area (Å²) in [7, 11) is 0. The number of hydrogen-bond acceptors (Lipinski definition) is 0. The predicted molar refractivity (Wildman–Crippen MR) is 141 cm³/mol. The molecule has 0 rings (SSSR count). The molecule has 0 bridgehead atoms. The topological polar surface area (TPSA) is 0 Å². The van der Waals surface area contributed by atoms with Crippen LogP contribution in [0.1, 0.15) is 181 Å². The van der Waals surface area contributed by atoms with E-state index in [2.05, 4.69) is 26.0 Å². The highest BCUT2D eigenvalue weighted by Crippen LogP contribution is 2.14. The quantitative estimate of drug-likeness (QED) is 0.0963. The Morgan fingerprint density at radius 2 is 0.467 bits per heavy atom. The Kier molecular flexibility index (Phi) is 28.5. The van der Waals surface area contributed by atoms with Gasteiger partial charge in [0.05, 0.1) is 0 Å². The standard InChI is InChI=1S/C30H60/c1-3-5-7-9-11-13-15-17-19-21-23-25-27-29-30-28-26-24-22-20-18-16-14-12-10-8-6-4-2/h21,23H,3-20,22,24-30H2,1-2H3. The molecule has 0 aromatic heterocycles. The lowest BCUT2D eigenvalue weighted by Gasteiger charge is -2.03. The van der Waals surface area contributed by atoms with Crippen molar-refractivity contribution in [2.75, 3.05) is 0 Å². The minimum atomic E-state index is 1.31. The number of unbranched alkanes of at least 4 members (excludes halogenated alkanes) is 24. The minimum Gasteiger partial charge on any atom is -0.0885 e.